The molecular formula is C16H21N3OS. The average Bonchev–Trinajstić information content (AvgIpc) is 2.94. The predicted octanol–water partition coefficient (Wildman–Crippen LogP) is 2.19. The zero-order chi connectivity index (χ0) is 14.8. The van der Waals surface area contributed by atoms with Gasteiger partial charge in [-0.15, -0.1) is 11.3 Å². The molecule has 0 unspecified atom stereocenters. The summed E-state index contributed by atoms with van der Waals surface area (Å²) in [5.74, 6) is 0.307. The molecule has 21 heavy (non-hydrogen) atoms. The van der Waals surface area contributed by atoms with Crippen LogP contribution in [0.3, 0.4) is 0 Å². The van der Waals surface area contributed by atoms with Crippen molar-refractivity contribution >= 4 is 11.3 Å². The fourth-order valence-electron chi connectivity index (χ4n) is 3.02. The first-order chi connectivity index (χ1) is 10.1. The Morgan fingerprint density at radius 2 is 2.05 bits per heavy atom. The van der Waals surface area contributed by atoms with Crippen LogP contribution in [0.15, 0.2) is 24.5 Å². The van der Waals surface area contributed by atoms with Gasteiger partial charge in [0.2, 0.25) is 0 Å². The van der Waals surface area contributed by atoms with E-state index in [0.717, 1.165) is 36.8 Å². The summed E-state index contributed by atoms with van der Waals surface area (Å²) < 4.78 is 0. The van der Waals surface area contributed by atoms with Gasteiger partial charge in [0, 0.05) is 42.8 Å². The van der Waals surface area contributed by atoms with Crippen molar-refractivity contribution in [2.24, 2.45) is 5.92 Å². The third-order valence-electron chi connectivity index (χ3n) is 4.10. The zero-order valence-electron chi connectivity index (χ0n) is 12.5. The number of aromatic nitrogens is 2. The maximum Gasteiger partial charge on any atom is 0.0900 e. The van der Waals surface area contributed by atoms with Crippen molar-refractivity contribution in [1.29, 1.82) is 0 Å². The highest BCUT2D eigenvalue weighted by Gasteiger charge is 2.31. The topological polar surface area (TPSA) is 49.2 Å². The fourth-order valence-corrected chi connectivity index (χ4v) is 4.00. The first-order valence-corrected chi connectivity index (χ1v) is 8.15. The van der Waals surface area contributed by atoms with Gasteiger partial charge in [-0.2, -0.15) is 0 Å². The van der Waals surface area contributed by atoms with E-state index in [2.05, 4.69) is 21.8 Å². The number of nitrogens with zero attached hydrogens (tertiary/aromatic N) is 3. The molecule has 1 saturated heterocycles. The average molecular weight is 303 g/mol. The Labute approximate surface area is 129 Å². The van der Waals surface area contributed by atoms with Crippen molar-refractivity contribution < 1.29 is 5.11 Å². The van der Waals surface area contributed by atoms with Gasteiger partial charge in [0.1, 0.15) is 0 Å². The van der Waals surface area contributed by atoms with Crippen LogP contribution in [0.25, 0.3) is 0 Å². The molecule has 0 spiro atoms. The molecule has 4 nitrogen and oxygen atoms in total. The Morgan fingerprint density at radius 3 is 2.71 bits per heavy atom. The first kappa shape index (κ1) is 14.6. The lowest BCUT2D eigenvalue weighted by Gasteiger charge is -2.15. The maximum absolute atomic E-state index is 10.3. The molecule has 2 aromatic heterocycles. The number of hydrogen-bond acceptors (Lipinski definition) is 5. The molecule has 0 bridgehead atoms. The summed E-state index contributed by atoms with van der Waals surface area (Å²) >= 11 is 1.76. The van der Waals surface area contributed by atoms with Crippen molar-refractivity contribution in [2.45, 2.75) is 32.9 Å². The number of aryl methyl sites for hydroxylation is 2. The molecule has 0 aliphatic carbocycles. The largest absolute Gasteiger partial charge is 0.391 e. The van der Waals surface area contributed by atoms with Crippen LogP contribution in [0.1, 0.15) is 21.1 Å². The molecule has 5 heteroatoms. The number of likely N-dealkylation sites (tertiary alicyclic amines) is 1. The van der Waals surface area contributed by atoms with Crippen molar-refractivity contribution in [1.82, 2.24) is 14.9 Å². The van der Waals surface area contributed by atoms with Crippen LogP contribution >= 0.6 is 11.3 Å². The van der Waals surface area contributed by atoms with Crippen LogP contribution in [0.5, 0.6) is 0 Å². The van der Waals surface area contributed by atoms with Crippen molar-refractivity contribution in [2.75, 3.05) is 13.1 Å². The highest BCUT2D eigenvalue weighted by atomic mass is 32.1. The summed E-state index contributed by atoms with van der Waals surface area (Å²) in [5.41, 5.74) is 2.38. The van der Waals surface area contributed by atoms with E-state index in [0.29, 0.717) is 5.92 Å². The zero-order valence-corrected chi connectivity index (χ0v) is 13.3. The van der Waals surface area contributed by atoms with Crippen molar-refractivity contribution in [3.63, 3.8) is 0 Å². The number of thiazole rings is 1. The Bertz CT molecular complexity index is 599. The molecule has 0 saturated carbocycles. The minimum Gasteiger partial charge on any atom is -0.391 e. The molecule has 1 N–H and O–H groups in total. The van der Waals surface area contributed by atoms with Crippen LogP contribution in [-0.4, -0.2) is 39.2 Å². The number of pyridine rings is 1. The van der Waals surface area contributed by atoms with Gasteiger partial charge in [0.25, 0.3) is 0 Å². The second-order valence-corrected chi connectivity index (χ2v) is 7.11. The van der Waals surface area contributed by atoms with Gasteiger partial charge in [-0.1, -0.05) is 0 Å². The van der Waals surface area contributed by atoms with Gasteiger partial charge < -0.3 is 5.11 Å². The molecule has 0 amide bonds. The first-order valence-electron chi connectivity index (χ1n) is 7.34. The van der Waals surface area contributed by atoms with E-state index in [1.807, 2.05) is 31.5 Å². The predicted molar refractivity (Wildman–Crippen MR) is 84.3 cm³/mol. The van der Waals surface area contributed by atoms with E-state index < -0.39 is 0 Å². The highest BCUT2D eigenvalue weighted by molar-refractivity contribution is 7.11. The quantitative estimate of drug-likeness (QED) is 0.940. The van der Waals surface area contributed by atoms with Gasteiger partial charge in [0.15, 0.2) is 0 Å². The molecule has 2 atom stereocenters. The van der Waals surface area contributed by atoms with Gasteiger partial charge in [0.05, 0.1) is 16.8 Å². The Kier molecular flexibility index (Phi) is 4.33. The standard InChI is InChI=1S/C16H21N3OS/c1-11-16(21-12(2)18-11)10-19-8-14(15(20)9-19)7-13-3-5-17-6-4-13/h3-6,14-15,20H,7-10H2,1-2H3/t14-,15-/m1/s1. The smallest absolute Gasteiger partial charge is 0.0900 e. The Hall–Kier alpha value is -1.30. The minimum absolute atomic E-state index is 0.243. The Balaban J connectivity index is 1.62. The third-order valence-corrected chi connectivity index (χ3v) is 5.15. The normalized spacial score (nSPS) is 22.8. The van der Waals surface area contributed by atoms with Gasteiger partial charge >= 0.3 is 0 Å². The monoisotopic (exact) mass is 303 g/mol. The van der Waals surface area contributed by atoms with E-state index in [9.17, 15) is 5.11 Å². The highest BCUT2D eigenvalue weighted by Crippen LogP contribution is 2.25. The Morgan fingerprint density at radius 1 is 1.29 bits per heavy atom. The van der Waals surface area contributed by atoms with Crippen molar-refractivity contribution in [3.05, 3.63) is 45.7 Å². The van der Waals surface area contributed by atoms with E-state index in [-0.39, 0.29) is 6.10 Å². The van der Waals surface area contributed by atoms with Gasteiger partial charge in [-0.05, 0) is 38.0 Å². The maximum atomic E-state index is 10.3. The second kappa shape index (κ2) is 6.22. The third kappa shape index (κ3) is 3.48. The van der Waals surface area contributed by atoms with E-state index in [4.69, 9.17) is 0 Å². The molecule has 1 aliphatic heterocycles. The second-order valence-electron chi connectivity index (χ2n) is 5.82. The van der Waals surface area contributed by atoms with Gasteiger partial charge in [-0.3, -0.25) is 9.88 Å². The number of aliphatic hydroxyl groups excluding tert-OH is 1. The number of β-amino-alcohol motifs (C(OH)–C–C–N with tert-alkyl or cyclic N) is 1. The van der Waals surface area contributed by atoms with Crippen LogP contribution < -0.4 is 0 Å². The van der Waals surface area contributed by atoms with E-state index >= 15 is 0 Å². The van der Waals surface area contributed by atoms with Gasteiger partial charge in [-0.25, -0.2) is 4.98 Å². The lowest BCUT2D eigenvalue weighted by atomic mass is 9.97. The molecule has 0 radical (unpaired) electrons. The molecular weight excluding hydrogens is 282 g/mol. The summed E-state index contributed by atoms with van der Waals surface area (Å²) in [6.07, 6.45) is 4.31. The number of rotatable bonds is 4. The number of hydrogen-bond donors (Lipinski definition) is 1. The SMILES string of the molecule is Cc1nc(C)c(CN2C[C@@H](Cc3ccncc3)[C@H](O)C2)s1. The van der Waals surface area contributed by atoms with Crippen LogP contribution in [-0.2, 0) is 13.0 Å². The molecule has 1 aliphatic rings. The summed E-state index contributed by atoms with van der Waals surface area (Å²) in [6.45, 7) is 6.72. The van der Waals surface area contributed by atoms with Crippen LogP contribution in [0, 0.1) is 19.8 Å². The summed E-state index contributed by atoms with van der Waals surface area (Å²) in [4.78, 5) is 12.2. The molecule has 0 aromatic carbocycles. The summed E-state index contributed by atoms with van der Waals surface area (Å²) in [7, 11) is 0. The lowest BCUT2D eigenvalue weighted by molar-refractivity contribution is 0.141. The summed E-state index contributed by atoms with van der Waals surface area (Å²) in [5, 5.41) is 11.4. The van der Waals surface area contributed by atoms with Crippen LogP contribution in [0.2, 0.25) is 0 Å². The summed E-state index contributed by atoms with van der Waals surface area (Å²) in [6, 6.07) is 4.07. The molecule has 3 rings (SSSR count). The van der Waals surface area contributed by atoms with Crippen LogP contribution in [0.4, 0.5) is 0 Å². The fraction of sp³-hybridized carbons (Fsp3) is 0.500. The van der Waals surface area contributed by atoms with E-state index in [1.165, 1.54) is 10.4 Å². The molecule has 3 heterocycles. The van der Waals surface area contributed by atoms with E-state index in [1.54, 1.807) is 11.3 Å². The molecule has 112 valence electrons. The van der Waals surface area contributed by atoms with Crippen molar-refractivity contribution in [3.8, 4) is 0 Å². The molecule has 1 fully saturated rings. The minimum atomic E-state index is -0.243. The molecule has 2 aromatic rings. The number of aliphatic hydroxyl groups is 1. The lowest BCUT2D eigenvalue weighted by Crippen LogP contribution is -2.21.